The third-order valence-corrected chi connectivity index (χ3v) is 3.50. The van der Waals surface area contributed by atoms with E-state index in [1.807, 2.05) is 4.97 Å². The Balaban J connectivity index is 2.10. The van der Waals surface area contributed by atoms with E-state index in [9.17, 15) is 0 Å². The zero-order valence-electron chi connectivity index (χ0n) is 11.5. The molecule has 0 unspecified atom stereocenters. The topological polar surface area (TPSA) is 12.5 Å². The molecule has 3 heteroatoms. The lowest BCUT2D eigenvalue weighted by Gasteiger charge is -2.21. The van der Waals surface area contributed by atoms with Crippen LogP contribution >= 0.6 is 0 Å². The minimum Gasteiger partial charge on any atom is -0.304 e. The van der Waals surface area contributed by atoms with Crippen LogP contribution in [0.5, 0.6) is 0 Å². The molecule has 0 aromatic heterocycles. The summed E-state index contributed by atoms with van der Waals surface area (Å²) >= 11 is 0. The van der Waals surface area contributed by atoms with Crippen LogP contribution in [-0.2, 0) is 4.84 Å². The van der Waals surface area contributed by atoms with Gasteiger partial charge in [0.15, 0.2) is 0 Å². The fourth-order valence-corrected chi connectivity index (χ4v) is 2.55. The van der Waals surface area contributed by atoms with Crippen LogP contribution in [0.3, 0.4) is 0 Å². The van der Waals surface area contributed by atoms with Crippen molar-refractivity contribution in [3.8, 4) is 11.1 Å². The molecule has 1 saturated heterocycles. The molecule has 0 atom stereocenters. The van der Waals surface area contributed by atoms with Crippen LogP contribution in [-0.4, -0.2) is 14.0 Å². The van der Waals surface area contributed by atoms with Crippen molar-refractivity contribution in [1.29, 1.82) is 0 Å². The van der Waals surface area contributed by atoms with Gasteiger partial charge >= 0.3 is 0 Å². The maximum Gasteiger partial charge on any atom is 0.275 e. The van der Waals surface area contributed by atoms with Crippen LogP contribution in [0.1, 0.15) is 11.1 Å². The molecule has 0 amide bonds. The average molecular weight is 251 g/mol. The molecule has 2 aromatic rings. The quantitative estimate of drug-likeness (QED) is 0.757. The first-order valence-electron chi connectivity index (χ1n) is 6.82. The first kappa shape index (κ1) is 12.3. The number of nitrogens with zero attached hydrogens (tertiary/aromatic N) is 1. The van der Waals surface area contributed by atoms with Gasteiger partial charge in [-0.15, -0.1) is 0 Å². The standard InChI is InChI=1S/C16H18BNO/c1-12-4-3-5-14(10-12)15-11-13(2)6-7-16(15)18-17-8-9-19-18/h3-7,10-11,17H,8-9H2,1-2H3. The monoisotopic (exact) mass is 251 g/mol. The highest BCUT2D eigenvalue weighted by Gasteiger charge is 2.19. The molecule has 0 aliphatic carbocycles. The Morgan fingerprint density at radius 1 is 1.05 bits per heavy atom. The van der Waals surface area contributed by atoms with E-state index >= 15 is 0 Å². The predicted molar refractivity (Wildman–Crippen MR) is 81.7 cm³/mol. The summed E-state index contributed by atoms with van der Waals surface area (Å²) < 4.78 is 0. The first-order chi connectivity index (χ1) is 9.24. The summed E-state index contributed by atoms with van der Waals surface area (Å²) in [5.41, 5.74) is 6.25. The highest BCUT2D eigenvalue weighted by atomic mass is 16.7. The van der Waals surface area contributed by atoms with Crippen molar-refractivity contribution >= 4 is 13.1 Å². The fraction of sp³-hybridized carbons (Fsp3) is 0.250. The second-order valence-electron chi connectivity index (χ2n) is 5.18. The molecule has 1 fully saturated rings. The number of hydrogen-bond acceptors (Lipinski definition) is 2. The summed E-state index contributed by atoms with van der Waals surface area (Å²) in [6, 6.07) is 15.2. The molecule has 2 nitrogen and oxygen atoms in total. The molecule has 0 spiro atoms. The van der Waals surface area contributed by atoms with Gasteiger partial charge in [-0.05, 0) is 37.9 Å². The Morgan fingerprint density at radius 3 is 2.63 bits per heavy atom. The number of anilines is 1. The molecule has 96 valence electrons. The summed E-state index contributed by atoms with van der Waals surface area (Å²) in [6.07, 6.45) is 1.10. The molecule has 1 heterocycles. The second kappa shape index (κ2) is 5.10. The lowest BCUT2D eigenvalue weighted by atomic mass is 9.88. The highest BCUT2D eigenvalue weighted by molar-refractivity contribution is 6.41. The van der Waals surface area contributed by atoms with E-state index < -0.39 is 0 Å². The number of hydrogen-bond donors (Lipinski definition) is 0. The zero-order chi connectivity index (χ0) is 13.2. The van der Waals surface area contributed by atoms with Crippen molar-refractivity contribution in [2.75, 3.05) is 11.6 Å². The van der Waals surface area contributed by atoms with E-state index in [1.54, 1.807) is 0 Å². The fourth-order valence-electron chi connectivity index (χ4n) is 2.55. The summed E-state index contributed by atoms with van der Waals surface area (Å²) in [6.45, 7) is 5.08. The molecule has 0 N–H and O–H groups in total. The largest absolute Gasteiger partial charge is 0.304 e. The summed E-state index contributed by atoms with van der Waals surface area (Å²) in [4.78, 5) is 7.73. The summed E-state index contributed by atoms with van der Waals surface area (Å²) in [5.74, 6) is 0. The predicted octanol–water partition coefficient (Wildman–Crippen LogP) is 3.49. The molecule has 19 heavy (non-hydrogen) atoms. The maximum atomic E-state index is 5.70. The van der Waals surface area contributed by atoms with E-state index in [4.69, 9.17) is 4.84 Å². The smallest absolute Gasteiger partial charge is 0.275 e. The van der Waals surface area contributed by atoms with Crippen molar-refractivity contribution < 1.29 is 4.84 Å². The Morgan fingerprint density at radius 2 is 1.89 bits per heavy atom. The summed E-state index contributed by atoms with van der Waals surface area (Å²) in [7, 11) is 0.974. The van der Waals surface area contributed by atoms with Crippen LogP contribution in [0.4, 0.5) is 5.69 Å². The van der Waals surface area contributed by atoms with Gasteiger partial charge in [-0.3, -0.25) is 4.84 Å². The van der Waals surface area contributed by atoms with Gasteiger partial charge in [-0.1, -0.05) is 41.5 Å². The first-order valence-corrected chi connectivity index (χ1v) is 6.82. The minimum atomic E-state index is 0.821. The van der Waals surface area contributed by atoms with Gasteiger partial charge in [0.2, 0.25) is 0 Å². The van der Waals surface area contributed by atoms with Crippen molar-refractivity contribution in [3.05, 3.63) is 53.6 Å². The molecule has 2 aromatic carbocycles. The van der Waals surface area contributed by atoms with E-state index in [2.05, 4.69) is 56.3 Å². The van der Waals surface area contributed by atoms with Crippen LogP contribution in [0, 0.1) is 13.8 Å². The lowest BCUT2D eigenvalue weighted by Crippen LogP contribution is -2.19. The lowest BCUT2D eigenvalue weighted by molar-refractivity contribution is 0.185. The van der Waals surface area contributed by atoms with Gasteiger partial charge in [0.25, 0.3) is 7.41 Å². The van der Waals surface area contributed by atoms with Crippen LogP contribution in [0.25, 0.3) is 11.1 Å². The SMILES string of the molecule is Cc1cccc(-c2cc(C)ccc2N2BCCO2)c1. The maximum absolute atomic E-state index is 5.70. The molecule has 0 saturated carbocycles. The third kappa shape index (κ3) is 2.52. The Kier molecular flexibility index (Phi) is 3.30. The molecular weight excluding hydrogens is 233 g/mol. The minimum absolute atomic E-state index is 0.821. The average Bonchev–Trinajstić information content (AvgIpc) is 2.92. The van der Waals surface area contributed by atoms with Gasteiger partial charge in [0.05, 0.1) is 12.3 Å². The van der Waals surface area contributed by atoms with Crippen LogP contribution in [0.2, 0.25) is 6.32 Å². The molecule has 0 radical (unpaired) electrons. The molecule has 1 aliphatic rings. The van der Waals surface area contributed by atoms with E-state index in [0.29, 0.717) is 0 Å². The number of aryl methyl sites for hydroxylation is 2. The van der Waals surface area contributed by atoms with Gasteiger partial charge in [0, 0.05) is 5.56 Å². The molecular formula is C16H18BNO. The molecule has 0 bridgehead atoms. The third-order valence-electron chi connectivity index (χ3n) is 3.50. The van der Waals surface area contributed by atoms with Crippen molar-refractivity contribution in [2.24, 2.45) is 0 Å². The van der Waals surface area contributed by atoms with E-state index in [0.717, 1.165) is 20.3 Å². The number of rotatable bonds is 2. The Labute approximate surface area is 115 Å². The van der Waals surface area contributed by atoms with E-state index in [-0.39, 0.29) is 0 Å². The highest BCUT2D eigenvalue weighted by Crippen LogP contribution is 2.33. The van der Waals surface area contributed by atoms with Crippen molar-refractivity contribution in [1.82, 2.24) is 0 Å². The summed E-state index contributed by atoms with van der Waals surface area (Å²) in [5, 5.41) is 0. The van der Waals surface area contributed by atoms with Gasteiger partial charge < -0.3 is 4.97 Å². The second-order valence-corrected chi connectivity index (χ2v) is 5.18. The molecule has 1 aliphatic heterocycles. The van der Waals surface area contributed by atoms with Crippen molar-refractivity contribution in [3.63, 3.8) is 0 Å². The van der Waals surface area contributed by atoms with Gasteiger partial charge in [-0.2, -0.15) is 0 Å². The Hall–Kier alpha value is -1.74. The Bertz CT molecular complexity index is 591. The van der Waals surface area contributed by atoms with Crippen LogP contribution < -0.4 is 4.97 Å². The van der Waals surface area contributed by atoms with Gasteiger partial charge in [0.1, 0.15) is 0 Å². The normalized spacial score (nSPS) is 14.5. The van der Waals surface area contributed by atoms with Crippen molar-refractivity contribution in [2.45, 2.75) is 20.2 Å². The van der Waals surface area contributed by atoms with Crippen LogP contribution in [0.15, 0.2) is 42.5 Å². The number of benzene rings is 2. The zero-order valence-corrected chi connectivity index (χ0v) is 11.5. The van der Waals surface area contributed by atoms with E-state index in [1.165, 1.54) is 27.9 Å². The van der Waals surface area contributed by atoms with Gasteiger partial charge in [-0.25, -0.2) is 0 Å². The molecule has 3 rings (SSSR count).